The van der Waals surface area contributed by atoms with Gasteiger partial charge in [-0.25, -0.2) is 4.98 Å². The van der Waals surface area contributed by atoms with E-state index in [1.165, 1.54) is 6.20 Å². The van der Waals surface area contributed by atoms with E-state index in [0.717, 1.165) is 37.9 Å². The summed E-state index contributed by atoms with van der Waals surface area (Å²) in [6.07, 6.45) is 3.87. The van der Waals surface area contributed by atoms with Gasteiger partial charge in [-0.1, -0.05) is 24.6 Å². The third-order valence-corrected chi connectivity index (χ3v) is 4.90. The Bertz CT molecular complexity index is 817. The summed E-state index contributed by atoms with van der Waals surface area (Å²) < 4.78 is 0. The molecule has 0 spiro atoms. The van der Waals surface area contributed by atoms with Gasteiger partial charge in [-0.15, -0.1) is 0 Å². The smallest absolute Gasteiger partial charge is 0.258 e. The average Bonchev–Trinajstić information content (AvgIpc) is 2.70. The Kier molecular flexibility index (Phi) is 6.42. The Balaban J connectivity index is 1.80. The molecule has 1 aromatic heterocycles. The number of nitrogens with one attached hydrogen (secondary N) is 3. The van der Waals surface area contributed by atoms with Crippen molar-refractivity contribution >= 4 is 34.9 Å². The van der Waals surface area contributed by atoms with Gasteiger partial charge in [0.05, 0.1) is 16.3 Å². The van der Waals surface area contributed by atoms with E-state index in [1.807, 2.05) is 19.1 Å². The molecule has 7 heteroatoms. The minimum atomic E-state index is -0.319. The molecule has 2 amide bonds. The lowest BCUT2D eigenvalue weighted by atomic mass is 9.96. The molecule has 0 radical (unpaired) electrons. The monoisotopic (exact) mass is 386 g/mol. The number of amides is 2. The lowest BCUT2D eigenvalue weighted by Gasteiger charge is -2.22. The lowest BCUT2D eigenvalue weighted by molar-refractivity contribution is -0.120. The van der Waals surface area contributed by atoms with Gasteiger partial charge >= 0.3 is 0 Å². The summed E-state index contributed by atoms with van der Waals surface area (Å²) in [4.78, 5) is 29.5. The number of hydrogen-bond donors (Lipinski definition) is 3. The zero-order chi connectivity index (χ0) is 19.2. The van der Waals surface area contributed by atoms with E-state index in [-0.39, 0.29) is 17.7 Å². The number of hydrogen-bond acceptors (Lipinski definition) is 4. The van der Waals surface area contributed by atoms with Gasteiger partial charge in [0.2, 0.25) is 5.91 Å². The fourth-order valence-corrected chi connectivity index (χ4v) is 3.17. The van der Waals surface area contributed by atoms with Gasteiger partial charge in [0.15, 0.2) is 0 Å². The van der Waals surface area contributed by atoms with Crippen molar-refractivity contribution in [3.63, 3.8) is 0 Å². The minimum absolute atomic E-state index is 0.0362. The molecular weight excluding hydrogens is 364 g/mol. The average molecular weight is 387 g/mol. The number of carbonyl (C=O) groups is 2. The Morgan fingerprint density at radius 1 is 1.19 bits per heavy atom. The molecule has 3 rings (SSSR count). The van der Waals surface area contributed by atoms with Crippen LogP contribution in [0.1, 0.15) is 35.7 Å². The number of carbonyl (C=O) groups excluding carboxylic acids is 2. The maximum Gasteiger partial charge on any atom is 0.258 e. The number of benzene rings is 1. The van der Waals surface area contributed by atoms with Gasteiger partial charge in [0.25, 0.3) is 5.91 Å². The molecule has 1 aromatic carbocycles. The van der Waals surface area contributed by atoms with E-state index in [0.29, 0.717) is 22.1 Å². The topological polar surface area (TPSA) is 83.1 Å². The molecule has 0 bridgehead atoms. The normalized spacial score (nSPS) is 14.6. The van der Waals surface area contributed by atoms with Gasteiger partial charge < -0.3 is 16.0 Å². The molecule has 2 aromatic rings. The Labute approximate surface area is 163 Å². The molecule has 1 aliphatic rings. The molecular formula is C20H23ClN4O2. The summed E-state index contributed by atoms with van der Waals surface area (Å²) in [5.41, 5.74) is 1.96. The highest BCUT2D eigenvalue weighted by Crippen LogP contribution is 2.22. The van der Waals surface area contributed by atoms with Crippen molar-refractivity contribution in [3.8, 4) is 0 Å². The van der Waals surface area contributed by atoms with Crippen LogP contribution in [0.4, 0.5) is 11.5 Å². The maximum atomic E-state index is 12.8. The van der Waals surface area contributed by atoms with Crippen LogP contribution >= 0.6 is 11.6 Å². The number of pyridine rings is 1. The number of piperidine rings is 1. The van der Waals surface area contributed by atoms with Crippen LogP contribution in [0, 0.1) is 5.92 Å². The van der Waals surface area contributed by atoms with Crippen LogP contribution in [0.15, 0.2) is 36.5 Å². The Morgan fingerprint density at radius 3 is 2.63 bits per heavy atom. The highest BCUT2D eigenvalue weighted by atomic mass is 35.5. The highest BCUT2D eigenvalue weighted by Gasteiger charge is 2.23. The first kappa shape index (κ1) is 19.3. The molecule has 6 nitrogen and oxygen atoms in total. The van der Waals surface area contributed by atoms with Gasteiger partial charge in [-0.05, 0) is 62.2 Å². The fraction of sp³-hybridized carbons (Fsp3) is 0.350. The summed E-state index contributed by atoms with van der Waals surface area (Å²) >= 11 is 5.83. The number of aromatic nitrogens is 1. The van der Waals surface area contributed by atoms with E-state index in [1.54, 1.807) is 18.2 Å². The standard InChI is InChI=1S/C20H23ClN4O2/c1-2-13-3-5-17(24-19(26)14-7-9-22-10-8-14)16(11-13)20(27)25-18-6-4-15(21)12-23-18/h3-6,11-12,14,22H,2,7-10H2,1H3,(H,24,26)(H,23,25,27). The van der Waals surface area contributed by atoms with Gasteiger partial charge in [0.1, 0.15) is 5.82 Å². The van der Waals surface area contributed by atoms with E-state index in [2.05, 4.69) is 20.9 Å². The van der Waals surface area contributed by atoms with Gasteiger partial charge in [0, 0.05) is 12.1 Å². The van der Waals surface area contributed by atoms with Crippen molar-refractivity contribution in [2.75, 3.05) is 23.7 Å². The third-order valence-electron chi connectivity index (χ3n) is 4.67. The van der Waals surface area contributed by atoms with Crippen molar-refractivity contribution in [2.45, 2.75) is 26.2 Å². The first-order valence-corrected chi connectivity index (χ1v) is 9.52. The lowest BCUT2D eigenvalue weighted by Crippen LogP contribution is -2.35. The predicted octanol–water partition coefficient (Wildman–Crippen LogP) is 3.49. The van der Waals surface area contributed by atoms with Gasteiger partial charge in [-0.2, -0.15) is 0 Å². The van der Waals surface area contributed by atoms with Crippen molar-refractivity contribution in [3.05, 3.63) is 52.7 Å². The van der Waals surface area contributed by atoms with Crippen LogP contribution in [0.2, 0.25) is 5.02 Å². The van der Waals surface area contributed by atoms with Crippen LogP contribution < -0.4 is 16.0 Å². The molecule has 3 N–H and O–H groups in total. The number of rotatable bonds is 5. The fourth-order valence-electron chi connectivity index (χ4n) is 3.06. The number of aryl methyl sites for hydroxylation is 1. The summed E-state index contributed by atoms with van der Waals surface area (Å²) in [6.45, 7) is 3.69. The zero-order valence-electron chi connectivity index (χ0n) is 15.2. The van der Waals surface area contributed by atoms with Crippen molar-refractivity contribution < 1.29 is 9.59 Å². The zero-order valence-corrected chi connectivity index (χ0v) is 16.0. The van der Waals surface area contributed by atoms with E-state index in [4.69, 9.17) is 11.6 Å². The quantitative estimate of drug-likeness (QED) is 0.734. The molecule has 1 fully saturated rings. The van der Waals surface area contributed by atoms with Crippen LogP contribution in [-0.2, 0) is 11.2 Å². The molecule has 1 aliphatic heterocycles. The van der Waals surface area contributed by atoms with E-state index in [9.17, 15) is 9.59 Å². The van der Waals surface area contributed by atoms with E-state index < -0.39 is 0 Å². The van der Waals surface area contributed by atoms with Gasteiger partial charge in [-0.3, -0.25) is 9.59 Å². The van der Waals surface area contributed by atoms with E-state index >= 15 is 0 Å². The second kappa shape index (κ2) is 8.97. The first-order valence-electron chi connectivity index (χ1n) is 9.14. The van der Waals surface area contributed by atoms with Crippen LogP contribution in [0.25, 0.3) is 0 Å². The number of anilines is 2. The summed E-state index contributed by atoms with van der Waals surface area (Å²) in [7, 11) is 0. The highest BCUT2D eigenvalue weighted by molar-refractivity contribution is 6.30. The summed E-state index contributed by atoms with van der Waals surface area (Å²) in [6, 6.07) is 8.82. The molecule has 1 saturated heterocycles. The molecule has 0 unspecified atom stereocenters. The molecule has 142 valence electrons. The largest absolute Gasteiger partial charge is 0.325 e. The van der Waals surface area contributed by atoms with Crippen LogP contribution in [0.5, 0.6) is 0 Å². The predicted molar refractivity (Wildman–Crippen MR) is 107 cm³/mol. The summed E-state index contributed by atoms with van der Waals surface area (Å²) in [5, 5.41) is 9.44. The Morgan fingerprint density at radius 2 is 1.96 bits per heavy atom. The first-order chi connectivity index (χ1) is 13.1. The SMILES string of the molecule is CCc1ccc(NC(=O)C2CCNCC2)c(C(=O)Nc2ccc(Cl)cn2)c1. The number of nitrogens with zero attached hydrogens (tertiary/aromatic N) is 1. The summed E-state index contributed by atoms with van der Waals surface area (Å²) in [5.74, 6) is 0.00743. The maximum absolute atomic E-state index is 12.8. The molecule has 0 saturated carbocycles. The molecule has 0 atom stereocenters. The second-order valence-electron chi connectivity index (χ2n) is 6.56. The van der Waals surface area contributed by atoms with Crippen molar-refractivity contribution in [1.82, 2.24) is 10.3 Å². The molecule has 0 aliphatic carbocycles. The van der Waals surface area contributed by atoms with Crippen LogP contribution in [0.3, 0.4) is 0 Å². The third kappa shape index (κ3) is 5.05. The molecule has 27 heavy (non-hydrogen) atoms. The van der Waals surface area contributed by atoms with Crippen molar-refractivity contribution in [1.29, 1.82) is 0 Å². The second-order valence-corrected chi connectivity index (χ2v) is 7.00. The number of halogens is 1. The minimum Gasteiger partial charge on any atom is -0.325 e. The van der Waals surface area contributed by atoms with Crippen molar-refractivity contribution in [2.24, 2.45) is 5.92 Å². The Hall–Kier alpha value is -2.44. The van der Waals surface area contributed by atoms with Crippen LogP contribution in [-0.4, -0.2) is 29.9 Å². The molecule has 2 heterocycles.